The van der Waals surface area contributed by atoms with Crippen LogP contribution in [0.15, 0.2) is 71.6 Å². The first-order chi connectivity index (χ1) is 11.4. The molecule has 0 amide bonds. The third-order valence-corrected chi connectivity index (χ3v) is 6.94. The molecule has 0 radical (unpaired) electrons. The number of thiophene rings is 2. The molecule has 4 heterocycles. The minimum absolute atomic E-state index is 1.28. The largest absolute Gasteiger partial charge is 0.276 e. The van der Waals surface area contributed by atoms with Crippen LogP contribution in [0.5, 0.6) is 0 Å². The monoisotopic (exact) mass is 350 g/mol. The Kier molecular flexibility index (Phi) is 3.08. The summed E-state index contributed by atoms with van der Waals surface area (Å²) >= 11 is 5.46. The molecule has 1 nitrogen and oxygen atoms in total. The molecule has 4 aromatic heterocycles. The number of pyridine rings is 1. The average molecular weight is 351 g/mol. The van der Waals surface area contributed by atoms with Gasteiger partial charge in [-0.3, -0.25) is 0 Å². The minimum Gasteiger partial charge on any atom is -0.149 e. The van der Waals surface area contributed by atoms with Crippen LogP contribution >= 0.6 is 34.0 Å². The quantitative estimate of drug-likeness (QED) is 0.339. The van der Waals surface area contributed by atoms with Crippen molar-refractivity contribution in [3.63, 3.8) is 0 Å². The van der Waals surface area contributed by atoms with Crippen molar-refractivity contribution in [3.05, 3.63) is 71.6 Å². The van der Waals surface area contributed by atoms with E-state index in [1.807, 2.05) is 11.3 Å². The normalized spacial score (nSPS) is 11.5. The van der Waals surface area contributed by atoms with E-state index in [-0.39, 0.29) is 0 Å². The highest BCUT2D eigenvalue weighted by Crippen LogP contribution is 2.36. The molecule has 0 saturated heterocycles. The predicted molar refractivity (Wildman–Crippen MR) is 102 cm³/mol. The molecule has 1 aromatic carbocycles. The van der Waals surface area contributed by atoms with Crippen molar-refractivity contribution in [2.45, 2.75) is 0 Å². The Bertz CT molecular complexity index is 1100. The second-order valence-corrected chi connectivity index (χ2v) is 8.27. The Hall–Kier alpha value is -2.01. The van der Waals surface area contributed by atoms with Gasteiger partial charge in [0.15, 0.2) is 6.20 Å². The fourth-order valence-corrected chi connectivity index (χ4v) is 5.57. The van der Waals surface area contributed by atoms with Crippen molar-refractivity contribution in [2.24, 2.45) is 0 Å². The fraction of sp³-hybridized carbons (Fsp3) is 0. The first-order valence-electron chi connectivity index (χ1n) is 7.35. The van der Waals surface area contributed by atoms with E-state index in [9.17, 15) is 0 Å². The zero-order valence-corrected chi connectivity index (χ0v) is 14.5. The lowest BCUT2D eigenvalue weighted by molar-refractivity contribution is -0.476. The Morgan fingerprint density at radius 3 is 2.35 bits per heavy atom. The van der Waals surface area contributed by atoms with Gasteiger partial charge in [0.2, 0.25) is 5.52 Å². The number of para-hydroxylation sites is 1. The van der Waals surface area contributed by atoms with Gasteiger partial charge in [0, 0.05) is 15.8 Å². The summed E-state index contributed by atoms with van der Waals surface area (Å²) in [4.78, 5) is 3.95. The Morgan fingerprint density at radius 2 is 1.57 bits per heavy atom. The van der Waals surface area contributed by atoms with Crippen molar-refractivity contribution >= 4 is 49.1 Å². The summed E-state index contributed by atoms with van der Waals surface area (Å²) in [5.41, 5.74) is 3.89. The molecule has 0 aliphatic rings. The molecule has 5 aromatic rings. The van der Waals surface area contributed by atoms with Gasteiger partial charge in [-0.25, -0.2) is 0 Å². The maximum absolute atomic E-state index is 2.35. The van der Waals surface area contributed by atoms with Crippen molar-refractivity contribution in [1.82, 2.24) is 0 Å². The summed E-state index contributed by atoms with van der Waals surface area (Å²) in [5, 5.41) is 4.29. The molecule has 5 rings (SSSR count). The van der Waals surface area contributed by atoms with E-state index >= 15 is 0 Å². The average Bonchev–Trinajstić information content (AvgIpc) is 3.33. The van der Waals surface area contributed by atoms with Gasteiger partial charge < -0.3 is 0 Å². The highest BCUT2D eigenvalue weighted by Gasteiger charge is 2.21. The molecule has 110 valence electrons. The summed E-state index contributed by atoms with van der Waals surface area (Å²) in [5.74, 6) is 0. The third-order valence-electron chi connectivity index (χ3n) is 3.94. The number of benzene rings is 1. The third kappa shape index (κ3) is 2.14. The molecule has 0 aliphatic heterocycles. The zero-order chi connectivity index (χ0) is 15.2. The van der Waals surface area contributed by atoms with Crippen molar-refractivity contribution in [3.8, 4) is 20.9 Å². The van der Waals surface area contributed by atoms with Crippen LogP contribution in [-0.2, 0) is 0 Å². The van der Waals surface area contributed by atoms with Gasteiger partial charge >= 0.3 is 0 Å². The lowest BCUT2D eigenvalue weighted by Crippen LogP contribution is -2.19. The number of rotatable bonds is 2. The van der Waals surface area contributed by atoms with E-state index < -0.39 is 0 Å². The molecule has 0 bridgehead atoms. The van der Waals surface area contributed by atoms with Gasteiger partial charge in [-0.15, -0.1) is 27.1 Å². The second kappa shape index (κ2) is 5.27. The van der Waals surface area contributed by atoms with E-state index in [1.54, 1.807) is 22.7 Å². The first-order valence-corrected chi connectivity index (χ1v) is 9.92. The summed E-state index contributed by atoms with van der Waals surface area (Å²) in [7, 11) is 0. The Labute approximate surface area is 145 Å². The number of hydrogen-bond donors (Lipinski definition) is 0. The van der Waals surface area contributed by atoms with Gasteiger partial charge in [-0.05, 0) is 35.0 Å². The predicted octanol–water partition coefficient (Wildman–Crippen LogP) is 6.10. The Morgan fingerprint density at radius 1 is 0.783 bits per heavy atom. The first kappa shape index (κ1) is 13.4. The van der Waals surface area contributed by atoms with Crippen molar-refractivity contribution in [1.29, 1.82) is 0 Å². The zero-order valence-electron chi connectivity index (χ0n) is 12.1. The van der Waals surface area contributed by atoms with Crippen LogP contribution in [0.3, 0.4) is 0 Å². The molecule has 0 unspecified atom stereocenters. The van der Waals surface area contributed by atoms with Gasteiger partial charge in [0.1, 0.15) is 4.70 Å². The van der Waals surface area contributed by atoms with Crippen molar-refractivity contribution < 1.29 is 4.40 Å². The summed E-state index contributed by atoms with van der Waals surface area (Å²) in [6.07, 6.45) is 2.27. The van der Waals surface area contributed by atoms with Crippen LogP contribution in [0.2, 0.25) is 0 Å². The van der Waals surface area contributed by atoms with Crippen LogP contribution in [0.4, 0.5) is 0 Å². The number of thiazole rings is 1. The SMILES string of the molecule is c1csc(-c2cc(-c3cccs3)c3sc4ccccc4[n+]3c2)c1. The lowest BCUT2D eigenvalue weighted by Gasteiger charge is -2.00. The molecule has 4 heteroatoms. The maximum atomic E-state index is 2.35. The topological polar surface area (TPSA) is 4.10 Å². The number of aromatic nitrogens is 1. The summed E-state index contributed by atoms with van der Waals surface area (Å²) in [6, 6.07) is 19.6. The molecule has 0 saturated carbocycles. The smallest absolute Gasteiger partial charge is 0.149 e. The molecular weight excluding hydrogens is 338 g/mol. The van der Waals surface area contributed by atoms with Gasteiger partial charge in [0.25, 0.3) is 4.83 Å². The highest BCUT2D eigenvalue weighted by molar-refractivity contribution is 7.24. The number of hydrogen-bond acceptors (Lipinski definition) is 3. The fourth-order valence-electron chi connectivity index (χ4n) is 2.90. The van der Waals surface area contributed by atoms with Crippen molar-refractivity contribution in [2.75, 3.05) is 0 Å². The van der Waals surface area contributed by atoms with Crippen LogP contribution < -0.4 is 4.40 Å². The second-order valence-electron chi connectivity index (χ2n) is 5.34. The van der Waals surface area contributed by atoms with Crippen LogP contribution in [0, 0.1) is 0 Å². The molecule has 0 atom stereocenters. The summed E-state index contributed by atoms with van der Waals surface area (Å²) in [6.45, 7) is 0. The summed E-state index contributed by atoms with van der Waals surface area (Å²) < 4.78 is 3.68. The van der Waals surface area contributed by atoms with Gasteiger partial charge in [-0.1, -0.05) is 35.6 Å². The number of nitrogens with zero attached hydrogens (tertiary/aromatic N) is 1. The Balaban J connectivity index is 1.93. The van der Waals surface area contributed by atoms with E-state index in [0.29, 0.717) is 0 Å². The molecule has 0 N–H and O–H groups in total. The van der Waals surface area contributed by atoms with Crippen LogP contribution in [-0.4, -0.2) is 0 Å². The van der Waals surface area contributed by atoms with Gasteiger partial charge in [0.05, 0.1) is 11.1 Å². The minimum atomic E-state index is 1.28. The van der Waals surface area contributed by atoms with E-state index in [2.05, 4.69) is 76.0 Å². The maximum Gasteiger partial charge on any atom is 0.276 e. The standard InChI is InChI=1S/C19H12NS3/c1-2-6-18-15(5-1)20-12-13(16-7-3-9-21-16)11-14(19(20)23-18)17-8-4-10-22-17/h1-12H/q+1. The molecule has 0 fully saturated rings. The van der Waals surface area contributed by atoms with Crippen LogP contribution in [0.25, 0.3) is 35.9 Å². The lowest BCUT2D eigenvalue weighted by atomic mass is 10.1. The molecular formula is C19H12NS3+. The van der Waals surface area contributed by atoms with Crippen LogP contribution in [0.1, 0.15) is 0 Å². The molecule has 0 spiro atoms. The number of fused-ring (bicyclic) bond motifs is 3. The molecule has 23 heavy (non-hydrogen) atoms. The highest BCUT2D eigenvalue weighted by atomic mass is 32.1. The van der Waals surface area contributed by atoms with E-state index in [0.717, 1.165) is 0 Å². The van der Waals surface area contributed by atoms with E-state index in [4.69, 9.17) is 0 Å². The van der Waals surface area contributed by atoms with E-state index in [1.165, 1.54) is 35.9 Å². The van der Waals surface area contributed by atoms with Gasteiger partial charge in [-0.2, -0.15) is 0 Å². The molecule has 0 aliphatic carbocycles.